The molecule has 0 atom stereocenters. The first-order valence-corrected chi connectivity index (χ1v) is 13.2. The highest BCUT2D eigenvalue weighted by Gasteiger charge is 2.31. The summed E-state index contributed by atoms with van der Waals surface area (Å²) in [4.78, 5) is 16.3. The molecule has 4 N–H and O–H groups in total. The molecule has 200 valence electrons. The van der Waals surface area contributed by atoms with E-state index < -0.39 is 5.97 Å². The third-order valence-electron chi connectivity index (χ3n) is 7.74. The lowest BCUT2D eigenvalue weighted by Crippen LogP contribution is -2.25. The molecule has 2 aromatic heterocycles. The second kappa shape index (κ2) is 10.1. The summed E-state index contributed by atoms with van der Waals surface area (Å²) < 4.78 is 28.1. The van der Waals surface area contributed by atoms with Crippen molar-refractivity contribution in [2.45, 2.75) is 44.1 Å². The third kappa shape index (κ3) is 4.52. The van der Waals surface area contributed by atoms with E-state index in [1.807, 2.05) is 12.1 Å². The number of aromatic nitrogens is 2. The van der Waals surface area contributed by atoms with Crippen LogP contribution in [0.2, 0.25) is 0 Å². The molecule has 0 radical (unpaired) electrons. The quantitative estimate of drug-likeness (QED) is 0.202. The minimum absolute atomic E-state index is 0.0214. The van der Waals surface area contributed by atoms with Crippen LogP contribution >= 0.6 is 0 Å². The highest BCUT2D eigenvalue weighted by atomic mass is 19.1. The van der Waals surface area contributed by atoms with Crippen molar-refractivity contribution in [3.8, 4) is 22.7 Å². The number of fused-ring (bicyclic) bond motifs is 1. The van der Waals surface area contributed by atoms with Crippen molar-refractivity contribution < 1.29 is 23.8 Å². The minimum Gasteiger partial charge on any atom is -0.477 e. The predicted molar refractivity (Wildman–Crippen MR) is 147 cm³/mol. The molecule has 0 spiro atoms. The fourth-order valence-electron chi connectivity index (χ4n) is 5.51. The molecule has 1 saturated heterocycles. The number of ether oxygens (including phenoxy) is 2. The molecule has 3 heterocycles. The molecule has 6 rings (SSSR count). The molecule has 0 unspecified atom stereocenters. The number of benzene rings is 2. The first-order chi connectivity index (χ1) is 18.9. The summed E-state index contributed by atoms with van der Waals surface area (Å²) in [5.74, 6) is -1.09. The Bertz CT molecular complexity index is 1570. The number of hydrogen-bond acceptors (Lipinski definition) is 6. The second-order valence-corrected chi connectivity index (χ2v) is 10.1. The lowest BCUT2D eigenvalue weighted by atomic mass is 9.89. The van der Waals surface area contributed by atoms with Crippen LogP contribution < -0.4 is 10.5 Å². The van der Waals surface area contributed by atoms with Crippen LogP contribution in [-0.2, 0) is 4.74 Å². The number of carboxylic acids is 1. The van der Waals surface area contributed by atoms with Gasteiger partial charge in [-0.25, -0.2) is 14.2 Å². The largest absolute Gasteiger partial charge is 0.477 e. The van der Waals surface area contributed by atoms with Gasteiger partial charge >= 0.3 is 5.97 Å². The normalized spacial score (nSPS) is 16.2. The van der Waals surface area contributed by atoms with Crippen LogP contribution in [0.1, 0.15) is 59.8 Å². The Balaban J connectivity index is 1.70. The predicted octanol–water partition coefficient (Wildman–Crippen LogP) is 5.93. The molecular weight excluding hydrogens is 499 g/mol. The minimum atomic E-state index is -1.13. The molecule has 9 heteroatoms. The maximum absolute atomic E-state index is 14.0. The van der Waals surface area contributed by atoms with Crippen LogP contribution in [0.15, 0.2) is 48.5 Å². The number of nitrogens with zero attached hydrogens (tertiary/aromatic N) is 2. The Morgan fingerprint density at radius 1 is 1.13 bits per heavy atom. The standard InChI is InChI=1S/C30H29FN4O4/c31-19-4-6-20(7-5-19)35-26-14-18(16-32)24(33)15-23(26)27(28(35)17-10-12-38-13-11-17)22-8-9-25(30(36)37)34-29(22)39-21-2-1-3-21/h4-9,14-17,21,32H,1-3,10-13,33H2,(H,36,37). The number of rotatable bonds is 7. The Kier molecular flexibility index (Phi) is 6.52. The van der Waals surface area contributed by atoms with Crippen LogP contribution in [0.3, 0.4) is 0 Å². The first-order valence-electron chi connectivity index (χ1n) is 13.2. The summed E-state index contributed by atoms with van der Waals surface area (Å²) in [6.07, 6.45) is 5.58. The van der Waals surface area contributed by atoms with Crippen molar-refractivity contribution >= 4 is 28.8 Å². The van der Waals surface area contributed by atoms with Gasteiger partial charge in [-0.3, -0.25) is 0 Å². The highest BCUT2D eigenvalue weighted by Crippen LogP contribution is 2.47. The molecule has 2 aromatic carbocycles. The van der Waals surface area contributed by atoms with E-state index in [9.17, 15) is 14.3 Å². The van der Waals surface area contributed by atoms with Crippen molar-refractivity contribution in [2.75, 3.05) is 18.9 Å². The van der Waals surface area contributed by atoms with Crippen molar-refractivity contribution in [3.05, 3.63) is 71.3 Å². The summed E-state index contributed by atoms with van der Waals surface area (Å²) in [7, 11) is 0. The number of aromatic carboxylic acids is 1. The molecule has 39 heavy (non-hydrogen) atoms. The van der Waals surface area contributed by atoms with Gasteiger partial charge in [0.25, 0.3) is 0 Å². The number of anilines is 1. The number of nitrogens with one attached hydrogen (secondary N) is 1. The summed E-state index contributed by atoms with van der Waals surface area (Å²) >= 11 is 0. The average molecular weight is 529 g/mol. The van der Waals surface area contributed by atoms with Gasteiger partial charge in [-0.05, 0) is 80.6 Å². The summed E-state index contributed by atoms with van der Waals surface area (Å²) in [5, 5.41) is 18.4. The zero-order chi connectivity index (χ0) is 27.1. The van der Waals surface area contributed by atoms with Crippen molar-refractivity contribution in [3.63, 3.8) is 0 Å². The van der Waals surface area contributed by atoms with Crippen LogP contribution in [0.4, 0.5) is 10.1 Å². The number of nitrogens with two attached hydrogens (primary N) is 1. The molecule has 8 nitrogen and oxygen atoms in total. The van der Waals surface area contributed by atoms with E-state index in [1.54, 1.807) is 18.2 Å². The maximum Gasteiger partial charge on any atom is 0.354 e. The zero-order valence-corrected chi connectivity index (χ0v) is 21.3. The Morgan fingerprint density at radius 2 is 1.87 bits per heavy atom. The van der Waals surface area contributed by atoms with Crippen LogP contribution in [0.5, 0.6) is 5.88 Å². The molecule has 0 bridgehead atoms. The Labute approximate surface area is 224 Å². The zero-order valence-electron chi connectivity index (χ0n) is 21.3. The van der Waals surface area contributed by atoms with E-state index in [4.69, 9.17) is 20.6 Å². The monoisotopic (exact) mass is 528 g/mol. The van der Waals surface area contributed by atoms with E-state index in [1.165, 1.54) is 24.4 Å². The molecule has 0 amide bonds. The van der Waals surface area contributed by atoms with E-state index >= 15 is 0 Å². The third-order valence-corrected chi connectivity index (χ3v) is 7.74. The van der Waals surface area contributed by atoms with Gasteiger partial charge in [-0.15, -0.1) is 0 Å². The Hall–Kier alpha value is -4.24. The fraction of sp³-hybridized carbons (Fsp3) is 0.300. The first kappa shape index (κ1) is 25.1. The van der Waals surface area contributed by atoms with E-state index in [2.05, 4.69) is 9.55 Å². The number of nitrogen functional groups attached to an aromatic ring is 1. The summed E-state index contributed by atoms with van der Waals surface area (Å²) in [6, 6.07) is 13.3. The van der Waals surface area contributed by atoms with Gasteiger partial charge in [0.1, 0.15) is 11.9 Å². The van der Waals surface area contributed by atoms with Crippen LogP contribution in [0, 0.1) is 11.2 Å². The second-order valence-electron chi connectivity index (χ2n) is 10.1. The number of halogens is 1. The van der Waals surface area contributed by atoms with E-state index in [-0.39, 0.29) is 29.4 Å². The van der Waals surface area contributed by atoms with Gasteiger partial charge in [-0.1, -0.05) is 0 Å². The van der Waals surface area contributed by atoms with Gasteiger partial charge in [0.2, 0.25) is 5.88 Å². The molecule has 1 aliphatic heterocycles. The molecular formula is C30H29FN4O4. The van der Waals surface area contributed by atoms with Gasteiger partial charge in [0, 0.05) is 64.5 Å². The van der Waals surface area contributed by atoms with Gasteiger partial charge in [0.15, 0.2) is 5.69 Å². The number of pyridine rings is 1. The smallest absolute Gasteiger partial charge is 0.354 e. The van der Waals surface area contributed by atoms with Gasteiger partial charge in [-0.2, -0.15) is 0 Å². The number of carboxylic acid groups (broad SMARTS) is 1. The topological polar surface area (TPSA) is 123 Å². The lowest BCUT2D eigenvalue weighted by Gasteiger charge is -2.28. The average Bonchev–Trinajstić information content (AvgIpc) is 3.24. The molecule has 1 saturated carbocycles. The van der Waals surface area contributed by atoms with E-state index in [0.29, 0.717) is 30.0 Å². The summed E-state index contributed by atoms with van der Waals surface area (Å²) in [6.45, 7) is 1.20. The van der Waals surface area contributed by atoms with Crippen molar-refractivity contribution in [2.24, 2.45) is 0 Å². The maximum atomic E-state index is 14.0. The molecule has 1 aliphatic carbocycles. The number of carbonyl (C=O) groups is 1. The SMILES string of the molecule is N=Cc1cc2c(cc1N)c(-c1ccc(C(=O)O)nc1OC1CCC1)c(C1CCOCC1)n2-c1ccc(F)cc1. The van der Waals surface area contributed by atoms with Crippen LogP contribution in [0.25, 0.3) is 27.7 Å². The van der Waals surface area contributed by atoms with Gasteiger partial charge < -0.3 is 30.3 Å². The molecule has 2 aliphatic rings. The summed E-state index contributed by atoms with van der Waals surface area (Å²) in [5.41, 5.74) is 11.4. The molecule has 2 fully saturated rings. The highest BCUT2D eigenvalue weighted by molar-refractivity contribution is 6.05. The fourth-order valence-corrected chi connectivity index (χ4v) is 5.51. The number of hydrogen-bond donors (Lipinski definition) is 3. The Morgan fingerprint density at radius 3 is 2.51 bits per heavy atom. The van der Waals surface area contributed by atoms with Crippen molar-refractivity contribution in [1.82, 2.24) is 9.55 Å². The molecule has 4 aromatic rings. The van der Waals surface area contributed by atoms with Crippen LogP contribution in [-0.4, -0.2) is 46.2 Å². The van der Waals surface area contributed by atoms with Gasteiger partial charge in [0.05, 0.1) is 5.52 Å². The lowest BCUT2D eigenvalue weighted by molar-refractivity contribution is 0.0685. The van der Waals surface area contributed by atoms with E-state index in [0.717, 1.165) is 60.0 Å². The van der Waals surface area contributed by atoms with Crippen molar-refractivity contribution in [1.29, 1.82) is 5.41 Å².